The molecule has 2 saturated heterocycles. The summed E-state index contributed by atoms with van der Waals surface area (Å²) in [6.45, 7) is 5.39. The number of rotatable bonds is 1. The minimum atomic E-state index is 0.261. The lowest BCUT2D eigenvalue weighted by molar-refractivity contribution is -0.0483. The second-order valence-corrected chi connectivity index (χ2v) is 4.32. The van der Waals surface area contributed by atoms with Gasteiger partial charge in [-0.05, 0) is 25.3 Å². The van der Waals surface area contributed by atoms with Gasteiger partial charge in [-0.2, -0.15) is 0 Å². The highest BCUT2D eigenvalue weighted by Gasteiger charge is 2.26. The molecule has 3 nitrogen and oxygen atoms in total. The van der Waals surface area contributed by atoms with Gasteiger partial charge in [-0.25, -0.2) is 0 Å². The van der Waals surface area contributed by atoms with Crippen LogP contribution in [0.4, 0.5) is 0 Å². The molecule has 0 amide bonds. The molecule has 0 saturated carbocycles. The molecule has 0 bridgehead atoms. The van der Waals surface area contributed by atoms with Gasteiger partial charge in [-0.1, -0.05) is 13.3 Å². The maximum absolute atomic E-state index is 5.76. The Morgan fingerprint density at radius 2 is 2.15 bits per heavy atom. The average Bonchev–Trinajstić information content (AvgIpc) is 2.20. The summed E-state index contributed by atoms with van der Waals surface area (Å²) in [6.07, 6.45) is 4.18. The van der Waals surface area contributed by atoms with Gasteiger partial charge in [0.15, 0.2) is 0 Å². The second kappa shape index (κ2) is 4.40. The molecule has 2 heterocycles. The van der Waals surface area contributed by atoms with Gasteiger partial charge in [-0.15, -0.1) is 0 Å². The van der Waals surface area contributed by atoms with E-state index in [-0.39, 0.29) is 6.23 Å². The molecule has 0 aliphatic carbocycles. The van der Waals surface area contributed by atoms with Gasteiger partial charge in [-0.3, -0.25) is 5.32 Å². The van der Waals surface area contributed by atoms with Gasteiger partial charge in [0.1, 0.15) is 6.23 Å². The molecule has 2 N–H and O–H groups in total. The lowest BCUT2D eigenvalue weighted by Gasteiger charge is -2.36. The van der Waals surface area contributed by atoms with Crippen molar-refractivity contribution in [3.05, 3.63) is 0 Å². The first kappa shape index (κ1) is 9.44. The molecule has 0 aromatic heterocycles. The predicted octanol–water partition coefficient (Wildman–Crippen LogP) is 0.710. The van der Waals surface area contributed by atoms with Crippen molar-refractivity contribution in [3.8, 4) is 0 Å². The lowest BCUT2D eigenvalue weighted by atomic mass is 10.0. The average molecular weight is 184 g/mol. The van der Waals surface area contributed by atoms with Crippen molar-refractivity contribution in [1.82, 2.24) is 10.6 Å². The largest absolute Gasteiger partial charge is 0.361 e. The van der Waals surface area contributed by atoms with Gasteiger partial charge in [0.05, 0.1) is 6.61 Å². The molecule has 3 heteroatoms. The van der Waals surface area contributed by atoms with Gasteiger partial charge >= 0.3 is 0 Å². The van der Waals surface area contributed by atoms with Crippen LogP contribution in [0.1, 0.15) is 26.2 Å². The van der Waals surface area contributed by atoms with Crippen molar-refractivity contribution in [3.63, 3.8) is 0 Å². The van der Waals surface area contributed by atoms with Crippen molar-refractivity contribution < 1.29 is 4.74 Å². The Morgan fingerprint density at radius 3 is 2.77 bits per heavy atom. The molecule has 0 radical (unpaired) electrons. The Bertz CT molecular complexity index is 149. The van der Waals surface area contributed by atoms with Crippen LogP contribution in [0.3, 0.4) is 0 Å². The first-order valence-electron chi connectivity index (χ1n) is 5.44. The fourth-order valence-electron chi connectivity index (χ4n) is 2.10. The van der Waals surface area contributed by atoms with Crippen molar-refractivity contribution in [1.29, 1.82) is 0 Å². The molecule has 0 spiro atoms. The van der Waals surface area contributed by atoms with Gasteiger partial charge in [0, 0.05) is 12.6 Å². The second-order valence-electron chi connectivity index (χ2n) is 4.32. The van der Waals surface area contributed by atoms with Crippen molar-refractivity contribution in [2.75, 3.05) is 19.7 Å². The van der Waals surface area contributed by atoms with Crippen LogP contribution in [0.5, 0.6) is 0 Å². The summed E-state index contributed by atoms with van der Waals surface area (Å²) in [6, 6.07) is 0.543. The van der Waals surface area contributed by atoms with Crippen LogP contribution in [0, 0.1) is 5.92 Å². The molecular formula is C10H20N2O. The van der Waals surface area contributed by atoms with Crippen molar-refractivity contribution in [2.45, 2.75) is 38.5 Å². The molecule has 2 fully saturated rings. The maximum atomic E-state index is 5.76. The Kier molecular flexibility index (Phi) is 3.19. The quantitative estimate of drug-likeness (QED) is 0.629. The van der Waals surface area contributed by atoms with E-state index < -0.39 is 0 Å². The first-order chi connectivity index (χ1) is 6.36. The van der Waals surface area contributed by atoms with E-state index in [0.717, 1.165) is 19.7 Å². The third-order valence-electron chi connectivity index (χ3n) is 2.94. The van der Waals surface area contributed by atoms with E-state index in [1.54, 1.807) is 0 Å². The van der Waals surface area contributed by atoms with E-state index in [1.807, 2.05) is 0 Å². The Hall–Kier alpha value is -0.120. The summed E-state index contributed by atoms with van der Waals surface area (Å²) >= 11 is 0. The molecule has 76 valence electrons. The molecule has 2 aliphatic rings. The highest BCUT2D eigenvalue weighted by molar-refractivity contribution is 4.81. The number of piperidine rings is 1. The van der Waals surface area contributed by atoms with Crippen molar-refractivity contribution in [2.24, 2.45) is 5.92 Å². The SMILES string of the molecule is CC1CNC(C2CCCCN2)OC1. The Morgan fingerprint density at radius 1 is 1.23 bits per heavy atom. The zero-order chi connectivity index (χ0) is 9.10. The van der Waals surface area contributed by atoms with Crippen LogP contribution < -0.4 is 10.6 Å². The minimum Gasteiger partial charge on any atom is -0.361 e. The zero-order valence-corrected chi connectivity index (χ0v) is 8.38. The summed E-state index contributed by atoms with van der Waals surface area (Å²) in [5.41, 5.74) is 0. The predicted molar refractivity (Wildman–Crippen MR) is 52.5 cm³/mol. The fourth-order valence-corrected chi connectivity index (χ4v) is 2.10. The van der Waals surface area contributed by atoms with E-state index in [2.05, 4.69) is 17.6 Å². The topological polar surface area (TPSA) is 33.3 Å². The molecule has 0 aromatic carbocycles. The van der Waals surface area contributed by atoms with Gasteiger partial charge < -0.3 is 10.1 Å². The molecule has 2 rings (SSSR count). The highest BCUT2D eigenvalue weighted by atomic mass is 16.5. The van der Waals surface area contributed by atoms with E-state index in [4.69, 9.17) is 4.74 Å². The minimum absolute atomic E-state index is 0.261. The number of hydrogen-bond acceptors (Lipinski definition) is 3. The number of ether oxygens (including phenoxy) is 1. The number of nitrogens with one attached hydrogen (secondary N) is 2. The van der Waals surface area contributed by atoms with Crippen LogP contribution in [0.25, 0.3) is 0 Å². The summed E-state index contributed by atoms with van der Waals surface area (Å²) in [5.74, 6) is 0.667. The van der Waals surface area contributed by atoms with Crippen LogP contribution in [0.15, 0.2) is 0 Å². The van der Waals surface area contributed by atoms with E-state index in [9.17, 15) is 0 Å². The van der Waals surface area contributed by atoms with Crippen molar-refractivity contribution >= 4 is 0 Å². The number of hydrogen-bond donors (Lipinski definition) is 2. The zero-order valence-electron chi connectivity index (χ0n) is 8.38. The lowest BCUT2D eigenvalue weighted by Crippen LogP contribution is -2.55. The third kappa shape index (κ3) is 2.42. The third-order valence-corrected chi connectivity index (χ3v) is 2.94. The summed E-state index contributed by atoms with van der Waals surface area (Å²) in [5, 5.41) is 6.97. The fraction of sp³-hybridized carbons (Fsp3) is 1.00. The first-order valence-corrected chi connectivity index (χ1v) is 5.44. The van der Waals surface area contributed by atoms with Crippen LogP contribution in [-0.4, -0.2) is 32.0 Å². The molecule has 3 atom stereocenters. The van der Waals surface area contributed by atoms with E-state index in [0.29, 0.717) is 12.0 Å². The van der Waals surface area contributed by atoms with Crippen LogP contribution >= 0.6 is 0 Å². The molecular weight excluding hydrogens is 164 g/mol. The summed E-state index contributed by atoms with van der Waals surface area (Å²) in [4.78, 5) is 0. The Balaban J connectivity index is 1.79. The van der Waals surface area contributed by atoms with Gasteiger partial charge in [0.2, 0.25) is 0 Å². The smallest absolute Gasteiger partial charge is 0.123 e. The molecule has 3 unspecified atom stereocenters. The standard InChI is InChI=1S/C10H20N2O/c1-8-6-12-10(13-7-8)9-4-2-3-5-11-9/h8-12H,2-7H2,1H3. The van der Waals surface area contributed by atoms with Crippen LogP contribution in [-0.2, 0) is 4.74 Å². The normalized spacial score (nSPS) is 41.8. The van der Waals surface area contributed by atoms with E-state index >= 15 is 0 Å². The highest BCUT2D eigenvalue weighted by Crippen LogP contribution is 2.14. The van der Waals surface area contributed by atoms with E-state index in [1.165, 1.54) is 19.3 Å². The maximum Gasteiger partial charge on any atom is 0.123 e. The summed E-state index contributed by atoms with van der Waals surface area (Å²) in [7, 11) is 0. The Labute approximate surface area is 80.2 Å². The molecule has 2 aliphatic heterocycles. The summed E-state index contributed by atoms with van der Waals surface area (Å²) < 4.78 is 5.76. The van der Waals surface area contributed by atoms with Gasteiger partial charge in [0.25, 0.3) is 0 Å². The molecule has 0 aromatic rings. The molecule has 13 heavy (non-hydrogen) atoms. The van der Waals surface area contributed by atoms with Crippen LogP contribution in [0.2, 0.25) is 0 Å². The monoisotopic (exact) mass is 184 g/mol.